The number of aliphatic imine (C=N–C) groups is 1. The summed E-state index contributed by atoms with van der Waals surface area (Å²) in [5.74, 6) is 2.43. The largest absolute Gasteiger partial charge is 0.497 e. The Hall–Kier alpha value is -1.72. The SMILES string of the molecule is CN=C(NCCc1ccc(Cl)s1)N1CCC(c2ccc(OC)cc2)C1. The summed E-state index contributed by atoms with van der Waals surface area (Å²) in [5.41, 5.74) is 1.37. The van der Waals surface area contributed by atoms with Crippen LogP contribution in [-0.4, -0.2) is 44.7 Å². The number of nitrogens with zero attached hydrogens (tertiary/aromatic N) is 2. The fourth-order valence-electron chi connectivity index (χ4n) is 3.22. The van der Waals surface area contributed by atoms with Crippen molar-refractivity contribution in [3.05, 3.63) is 51.2 Å². The molecule has 4 nitrogen and oxygen atoms in total. The molecule has 1 saturated heterocycles. The Bertz CT molecular complexity index is 714. The molecule has 2 aromatic rings. The van der Waals surface area contributed by atoms with E-state index in [1.165, 1.54) is 10.4 Å². The predicted octanol–water partition coefficient (Wildman–Crippen LogP) is 4.02. The Kier molecular flexibility index (Phi) is 6.21. The number of methoxy groups -OCH3 is 1. The lowest BCUT2D eigenvalue weighted by molar-refractivity contribution is 0.414. The molecule has 0 aliphatic carbocycles. The number of hydrogen-bond donors (Lipinski definition) is 1. The molecule has 6 heteroatoms. The van der Waals surface area contributed by atoms with Crippen LogP contribution in [0, 0.1) is 0 Å². The van der Waals surface area contributed by atoms with Crippen LogP contribution in [0.4, 0.5) is 0 Å². The van der Waals surface area contributed by atoms with Crippen LogP contribution in [0.15, 0.2) is 41.4 Å². The molecule has 1 aliphatic heterocycles. The summed E-state index contributed by atoms with van der Waals surface area (Å²) in [6, 6.07) is 12.5. The van der Waals surface area contributed by atoms with Crippen molar-refractivity contribution in [1.29, 1.82) is 0 Å². The van der Waals surface area contributed by atoms with E-state index in [1.807, 2.05) is 25.2 Å². The number of halogens is 1. The lowest BCUT2D eigenvalue weighted by Gasteiger charge is -2.21. The van der Waals surface area contributed by atoms with E-state index in [9.17, 15) is 0 Å². The number of benzene rings is 1. The molecule has 0 radical (unpaired) electrons. The van der Waals surface area contributed by atoms with Crippen LogP contribution in [0.5, 0.6) is 5.75 Å². The summed E-state index contributed by atoms with van der Waals surface area (Å²) in [6.07, 6.45) is 2.11. The van der Waals surface area contributed by atoms with Crippen molar-refractivity contribution >= 4 is 28.9 Å². The minimum absolute atomic E-state index is 0.542. The lowest BCUT2D eigenvalue weighted by atomic mass is 9.98. The maximum atomic E-state index is 5.98. The van der Waals surface area contributed by atoms with Gasteiger partial charge in [-0.05, 0) is 42.7 Å². The quantitative estimate of drug-likeness (QED) is 0.631. The summed E-state index contributed by atoms with van der Waals surface area (Å²) in [4.78, 5) is 8.09. The first-order chi connectivity index (χ1) is 12.2. The number of thiophene rings is 1. The Labute approximate surface area is 158 Å². The van der Waals surface area contributed by atoms with Crippen LogP contribution in [0.3, 0.4) is 0 Å². The maximum Gasteiger partial charge on any atom is 0.193 e. The second kappa shape index (κ2) is 8.59. The zero-order valence-electron chi connectivity index (χ0n) is 14.7. The van der Waals surface area contributed by atoms with Crippen molar-refractivity contribution in [2.45, 2.75) is 18.8 Å². The molecule has 0 bridgehead atoms. The van der Waals surface area contributed by atoms with Crippen LogP contribution in [0.1, 0.15) is 22.8 Å². The smallest absolute Gasteiger partial charge is 0.193 e. The summed E-state index contributed by atoms with van der Waals surface area (Å²) in [5, 5.41) is 3.48. The van der Waals surface area contributed by atoms with Crippen LogP contribution in [0.2, 0.25) is 4.34 Å². The summed E-state index contributed by atoms with van der Waals surface area (Å²) in [6.45, 7) is 2.89. The second-order valence-electron chi connectivity index (χ2n) is 6.13. The summed E-state index contributed by atoms with van der Waals surface area (Å²) < 4.78 is 6.09. The third-order valence-electron chi connectivity index (χ3n) is 4.57. The van der Waals surface area contributed by atoms with Gasteiger partial charge in [0.25, 0.3) is 0 Å². The first-order valence-corrected chi connectivity index (χ1v) is 9.73. The van der Waals surface area contributed by atoms with E-state index in [2.05, 4.69) is 33.4 Å². The zero-order valence-corrected chi connectivity index (χ0v) is 16.2. The van der Waals surface area contributed by atoms with Crippen LogP contribution in [-0.2, 0) is 6.42 Å². The summed E-state index contributed by atoms with van der Waals surface area (Å²) in [7, 11) is 3.55. The van der Waals surface area contributed by atoms with E-state index >= 15 is 0 Å². The molecular formula is C19H24ClN3OS. The Morgan fingerprint density at radius 2 is 2.12 bits per heavy atom. The molecule has 0 spiro atoms. The fourth-order valence-corrected chi connectivity index (χ4v) is 4.30. The molecule has 1 N–H and O–H groups in total. The van der Waals surface area contributed by atoms with Crippen molar-refractivity contribution in [3.63, 3.8) is 0 Å². The van der Waals surface area contributed by atoms with Gasteiger partial charge in [-0.1, -0.05) is 23.7 Å². The molecule has 1 aromatic heterocycles. The first-order valence-electron chi connectivity index (χ1n) is 8.53. The van der Waals surface area contributed by atoms with Gasteiger partial charge in [-0.25, -0.2) is 0 Å². The molecule has 1 aliphatic rings. The van der Waals surface area contributed by atoms with Crippen molar-refractivity contribution in [2.24, 2.45) is 4.99 Å². The first kappa shape index (κ1) is 18.1. The normalized spacial score (nSPS) is 17.8. The molecule has 1 unspecified atom stereocenters. The number of rotatable bonds is 5. The topological polar surface area (TPSA) is 36.9 Å². The third kappa shape index (κ3) is 4.67. The lowest BCUT2D eigenvalue weighted by Crippen LogP contribution is -2.40. The molecule has 2 heterocycles. The van der Waals surface area contributed by atoms with Crippen LogP contribution in [0.25, 0.3) is 0 Å². The van der Waals surface area contributed by atoms with Crippen molar-refractivity contribution in [1.82, 2.24) is 10.2 Å². The highest BCUT2D eigenvalue weighted by Crippen LogP contribution is 2.28. The standard InChI is InChI=1S/C19H24ClN3OS/c1-21-19(22-11-9-17-7-8-18(20)25-17)23-12-10-15(13-23)14-3-5-16(24-2)6-4-14/h3-8,15H,9-13H2,1-2H3,(H,21,22). The van der Waals surface area contributed by atoms with Gasteiger partial charge in [0, 0.05) is 37.5 Å². The van der Waals surface area contributed by atoms with Gasteiger partial charge in [0.1, 0.15) is 5.75 Å². The van der Waals surface area contributed by atoms with Gasteiger partial charge in [0.15, 0.2) is 5.96 Å². The van der Waals surface area contributed by atoms with Gasteiger partial charge in [0.05, 0.1) is 11.4 Å². The highest BCUT2D eigenvalue weighted by atomic mass is 35.5. The van der Waals surface area contributed by atoms with Crippen molar-refractivity contribution < 1.29 is 4.74 Å². The zero-order chi connectivity index (χ0) is 17.6. The number of guanidine groups is 1. The predicted molar refractivity (Wildman–Crippen MR) is 106 cm³/mol. The van der Waals surface area contributed by atoms with Crippen molar-refractivity contribution in [3.8, 4) is 5.75 Å². The average Bonchev–Trinajstić information content (AvgIpc) is 3.28. The molecule has 0 saturated carbocycles. The monoisotopic (exact) mass is 377 g/mol. The highest BCUT2D eigenvalue weighted by Gasteiger charge is 2.25. The molecule has 1 atom stereocenters. The number of ether oxygens (including phenoxy) is 1. The Morgan fingerprint density at radius 1 is 1.32 bits per heavy atom. The van der Waals surface area contributed by atoms with Gasteiger partial charge in [-0.2, -0.15) is 0 Å². The van der Waals surface area contributed by atoms with Crippen LogP contribution >= 0.6 is 22.9 Å². The molecule has 25 heavy (non-hydrogen) atoms. The van der Waals surface area contributed by atoms with Crippen LogP contribution < -0.4 is 10.1 Å². The van der Waals surface area contributed by atoms with E-state index < -0.39 is 0 Å². The maximum absolute atomic E-state index is 5.98. The molecule has 1 aromatic carbocycles. The molecule has 0 amide bonds. The van der Waals surface area contributed by atoms with E-state index in [4.69, 9.17) is 16.3 Å². The minimum atomic E-state index is 0.542. The third-order valence-corrected chi connectivity index (χ3v) is 5.86. The number of nitrogens with one attached hydrogen (secondary N) is 1. The van der Waals surface area contributed by atoms with Gasteiger partial charge in [-0.3, -0.25) is 4.99 Å². The molecule has 3 rings (SSSR count). The number of likely N-dealkylation sites (tertiary alicyclic amines) is 1. The highest BCUT2D eigenvalue weighted by molar-refractivity contribution is 7.16. The van der Waals surface area contributed by atoms with E-state index in [0.717, 1.165) is 48.5 Å². The second-order valence-corrected chi connectivity index (χ2v) is 7.93. The molecule has 134 valence electrons. The van der Waals surface area contributed by atoms with E-state index in [-0.39, 0.29) is 0 Å². The van der Waals surface area contributed by atoms with Crippen molar-refractivity contribution in [2.75, 3.05) is 33.8 Å². The van der Waals surface area contributed by atoms with Gasteiger partial charge in [0.2, 0.25) is 0 Å². The molecule has 1 fully saturated rings. The van der Waals surface area contributed by atoms with E-state index in [1.54, 1.807) is 18.4 Å². The minimum Gasteiger partial charge on any atom is -0.497 e. The average molecular weight is 378 g/mol. The van der Waals surface area contributed by atoms with Gasteiger partial charge >= 0.3 is 0 Å². The number of hydrogen-bond acceptors (Lipinski definition) is 3. The fraction of sp³-hybridized carbons (Fsp3) is 0.421. The molecular weight excluding hydrogens is 354 g/mol. The van der Waals surface area contributed by atoms with Gasteiger partial charge < -0.3 is 15.0 Å². The van der Waals surface area contributed by atoms with Gasteiger partial charge in [-0.15, -0.1) is 11.3 Å². The van der Waals surface area contributed by atoms with E-state index in [0.29, 0.717) is 5.92 Å². The Morgan fingerprint density at radius 3 is 2.76 bits per heavy atom. The Balaban J connectivity index is 1.52. The summed E-state index contributed by atoms with van der Waals surface area (Å²) >= 11 is 7.63.